The van der Waals surface area contributed by atoms with E-state index < -0.39 is 0 Å². The van der Waals surface area contributed by atoms with E-state index in [1.54, 1.807) is 0 Å². The summed E-state index contributed by atoms with van der Waals surface area (Å²) in [5.41, 5.74) is 3.84. The molecule has 0 saturated carbocycles. The van der Waals surface area contributed by atoms with Crippen LogP contribution in [-0.2, 0) is 20.7 Å². The van der Waals surface area contributed by atoms with E-state index in [4.69, 9.17) is 21.1 Å². The molecule has 3 heterocycles. The van der Waals surface area contributed by atoms with Crippen LogP contribution in [0.1, 0.15) is 29.8 Å². The highest BCUT2D eigenvalue weighted by Gasteiger charge is 2.32. The largest absolute Gasteiger partial charge is 0.350 e. The third kappa shape index (κ3) is 3.95. The Balaban J connectivity index is 1.41. The summed E-state index contributed by atoms with van der Waals surface area (Å²) in [7, 11) is 0. The van der Waals surface area contributed by atoms with Gasteiger partial charge in [-0.25, -0.2) is 4.68 Å². The Bertz CT molecular complexity index is 835. The van der Waals surface area contributed by atoms with Crippen LogP contribution < -0.4 is 0 Å². The van der Waals surface area contributed by atoms with Crippen LogP contribution in [0.25, 0.3) is 5.69 Å². The summed E-state index contributed by atoms with van der Waals surface area (Å²) in [5.74, 6) is 0.552. The Labute approximate surface area is 170 Å². The zero-order valence-electron chi connectivity index (χ0n) is 16.4. The van der Waals surface area contributed by atoms with Crippen LogP contribution in [0.2, 0.25) is 5.02 Å². The third-order valence-corrected chi connectivity index (χ3v) is 6.02. The number of ether oxygens (including phenoxy) is 2. The summed E-state index contributed by atoms with van der Waals surface area (Å²) in [6.07, 6.45) is 2.16. The van der Waals surface area contributed by atoms with Crippen molar-refractivity contribution in [3.05, 3.63) is 46.2 Å². The molecule has 2 fully saturated rings. The molecule has 0 N–H and O–H groups in total. The van der Waals surface area contributed by atoms with E-state index in [2.05, 4.69) is 5.10 Å². The molecule has 7 heteroatoms. The van der Waals surface area contributed by atoms with Crippen molar-refractivity contribution in [2.45, 2.75) is 39.4 Å². The van der Waals surface area contributed by atoms with Crippen LogP contribution in [0, 0.1) is 19.8 Å². The average Bonchev–Trinajstić information content (AvgIpc) is 3.33. The predicted molar refractivity (Wildman–Crippen MR) is 107 cm³/mol. The van der Waals surface area contributed by atoms with Gasteiger partial charge in [-0.05, 0) is 51.0 Å². The Kier molecular flexibility index (Phi) is 5.71. The lowest BCUT2D eigenvalue weighted by molar-refractivity contribution is -0.136. The first kappa shape index (κ1) is 19.4. The van der Waals surface area contributed by atoms with E-state index in [1.165, 1.54) is 0 Å². The third-order valence-electron chi connectivity index (χ3n) is 5.77. The molecule has 0 unspecified atom stereocenters. The Morgan fingerprint density at radius 2 is 1.79 bits per heavy atom. The van der Waals surface area contributed by atoms with E-state index in [0.717, 1.165) is 48.6 Å². The zero-order valence-corrected chi connectivity index (χ0v) is 17.1. The summed E-state index contributed by atoms with van der Waals surface area (Å²) < 4.78 is 13.1. The van der Waals surface area contributed by atoms with Gasteiger partial charge in [0.15, 0.2) is 6.29 Å². The first-order chi connectivity index (χ1) is 13.5. The number of piperidine rings is 1. The van der Waals surface area contributed by atoms with Gasteiger partial charge in [0.1, 0.15) is 0 Å². The molecule has 0 aliphatic carbocycles. The second kappa shape index (κ2) is 8.23. The van der Waals surface area contributed by atoms with Gasteiger partial charge in [-0.1, -0.05) is 11.6 Å². The van der Waals surface area contributed by atoms with Gasteiger partial charge in [0.25, 0.3) is 0 Å². The van der Waals surface area contributed by atoms with Crippen molar-refractivity contribution in [3.63, 3.8) is 0 Å². The Morgan fingerprint density at radius 3 is 2.43 bits per heavy atom. The van der Waals surface area contributed by atoms with E-state index in [0.29, 0.717) is 30.6 Å². The van der Waals surface area contributed by atoms with Gasteiger partial charge >= 0.3 is 0 Å². The summed E-state index contributed by atoms with van der Waals surface area (Å²) >= 11 is 5.99. The van der Waals surface area contributed by atoms with Crippen LogP contribution in [-0.4, -0.2) is 53.2 Å². The van der Waals surface area contributed by atoms with Crippen LogP contribution in [0.5, 0.6) is 0 Å². The number of benzene rings is 1. The van der Waals surface area contributed by atoms with Gasteiger partial charge in [0.2, 0.25) is 5.91 Å². The molecule has 1 aromatic heterocycles. The molecule has 2 aromatic rings. The fourth-order valence-corrected chi connectivity index (χ4v) is 4.22. The Morgan fingerprint density at radius 1 is 1.14 bits per heavy atom. The number of carbonyl (C=O) groups excluding carboxylic acids is 1. The van der Waals surface area contributed by atoms with E-state index in [9.17, 15) is 4.79 Å². The fraction of sp³-hybridized carbons (Fsp3) is 0.524. The number of aromatic nitrogens is 2. The van der Waals surface area contributed by atoms with Gasteiger partial charge in [-0.3, -0.25) is 4.79 Å². The number of nitrogens with zero attached hydrogens (tertiary/aromatic N) is 3. The van der Waals surface area contributed by atoms with E-state index in [-0.39, 0.29) is 12.2 Å². The number of rotatable bonds is 4. The molecule has 1 aromatic carbocycles. The minimum atomic E-state index is -0.0839. The molecule has 2 saturated heterocycles. The maximum absolute atomic E-state index is 12.9. The number of amides is 1. The molecule has 0 radical (unpaired) electrons. The molecule has 1 amide bonds. The van der Waals surface area contributed by atoms with Gasteiger partial charge in [-0.15, -0.1) is 0 Å². The van der Waals surface area contributed by atoms with Gasteiger partial charge < -0.3 is 14.4 Å². The molecule has 0 atom stereocenters. The molecule has 150 valence electrons. The highest BCUT2D eigenvalue weighted by atomic mass is 35.5. The maximum atomic E-state index is 12.9. The molecule has 2 aliphatic heterocycles. The van der Waals surface area contributed by atoms with Crippen molar-refractivity contribution in [3.8, 4) is 5.69 Å². The quantitative estimate of drug-likeness (QED) is 0.786. The molecular formula is C21H26ClN3O3. The maximum Gasteiger partial charge on any atom is 0.227 e. The lowest BCUT2D eigenvalue weighted by Gasteiger charge is -2.34. The second-order valence-electron chi connectivity index (χ2n) is 7.54. The topological polar surface area (TPSA) is 56.6 Å². The van der Waals surface area contributed by atoms with Crippen molar-refractivity contribution in [2.24, 2.45) is 5.92 Å². The number of aryl methyl sites for hydroxylation is 1. The highest BCUT2D eigenvalue weighted by molar-refractivity contribution is 6.30. The van der Waals surface area contributed by atoms with Crippen LogP contribution in [0.15, 0.2) is 24.3 Å². The first-order valence-electron chi connectivity index (χ1n) is 9.85. The normalized spacial score (nSPS) is 18.8. The van der Waals surface area contributed by atoms with Crippen molar-refractivity contribution >= 4 is 17.5 Å². The van der Waals surface area contributed by atoms with Crippen molar-refractivity contribution in [1.29, 1.82) is 0 Å². The van der Waals surface area contributed by atoms with E-state index >= 15 is 0 Å². The number of likely N-dealkylation sites (tertiary alicyclic amines) is 1. The number of hydrogen-bond acceptors (Lipinski definition) is 4. The molecule has 4 rings (SSSR count). The highest BCUT2D eigenvalue weighted by Crippen LogP contribution is 2.27. The minimum Gasteiger partial charge on any atom is -0.350 e. The lowest BCUT2D eigenvalue weighted by atomic mass is 9.95. The number of hydrogen-bond donors (Lipinski definition) is 0. The second-order valence-corrected chi connectivity index (χ2v) is 7.98. The molecule has 0 spiro atoms. The lowest BCUT2D eigenvalue weighted by Crippen LogP contribution is -2.42. The van der Waals surface area contributed by atoms with Crippen molar-refractivity contribution in [2.75, 3.05) is 26.3 Å². The molecule has 2 aliphatic rings. The number of halogens is 1. The van der Waals surface area contributed by atoms with E-state index in [1.807, 2.05) is 47.7 Å². The fourth-order valence-electron chi connectivity index (χ4n) is 4.10. The Hall–Kier alpha value is -1.89. The van der Waals surface area contributed by atoms with Crippen molar-refractivity contribution in [1.82, 2.24) is 14.7 Å². The molecule has 28 heavy (non-hydrogen) atoms. The number of carbonyl (C=O) groups is 1. The predicted octanol–water partition coefficient (Wildman–Crippen LogP) is 3.30. The van der Waals surface area contributed by atoms with Crippen LogP contribution >= 0.6 is 11.6 Å². The summed E-state index contributed by atoms with van der Waals surface area (Å²) in [6.45, 7) is 6.85. The first-order valence-corrected chi connectivity index (χ1v) is 10.2. The summed E-state index contributed by atoms with van der Waals surface area (Å²) in [4.78, 5) is 14.9. The molecular weight excluding hydrogens is 378 g/mol. The zero-order chi connectivity index (χ0) is 19.7. The van der Waals surface area contributed by atoms with Gasteiger partial charge in [0, 0.05) is 35.3 Å². The van der Waals surface area contributed by atoms with Gasteiger partial charge in [-0.2, -0.15) is 5.10 Å². The summed E-state index contributed by atoms with van der Waals surface area (Å²) in [5, 5.41) is 5.33. The van der Waals surface area contributed by atoms with Gasteiger partial charge in [0.05, 0.1) is 31.0 Å². The smallest absolute Gasteiger partial charge is 0.227 e. The van der Waals surface area contributed by atoms with Crippen molar-refractivity contribution < 1.29 is 14.3 Å². The molecule has 6 nitrogen and oxygen atoms in total. The minimum absolute atomic E-state index is 0.0839. The molecule has 0 bridgehead atoms. The SMILES string of the molecule is Cc1nn(-c2ccc(Cl)cc2)c(C)c1CC(=O)N1CCC(C2OCCO2)CC1. The standard InChI is InChI=1S/C21H26ClN3O3/c1-14-19(15(2)25(23-14)18-5-3-17(22)4-6-18)13-20(26)24-9-7-16(8-10-24)21-27-11-12-28-21/h3-6,16,21H,7-13H2,1-2H3. The van der Waals surface area contributed by atoms with Crippen LogP contribution in [0.4, 0.5) is 0 Å². The van der Waals surface area contributed by atoms with Crippen LogP contribution in [0.3, 0.4) is 0 Å². The average molecular weight is 404 g/mol. The monoisotopic (exact) mass is 403 g/mol. The summed E-state index contributed by atoms with van der Waals surface area (Å²) in [6, 6.07) is 7.57.